The summed E-state index contributed by atoms with van der Waals surface area (Å²) in [5.41, 5.74) is 7.96. The van der Waals surface area contributed by atoms with E-state index in [2.05, 4.69) is 0 Å². The molecule has 0 heterocycles. The Labute approximate surface area is 90.9 Å². The van der Waals surface area contributed by atoms with Crippen LogP contribution in [0.1, 0.15) is 29.8 Å². The van der Waals surface area contributed by atoms with Crippen LogP contribution in [0.25, 0.3) is 0 Å². The summed E-state index contributed by atoms with van der Waals surface area (Å²) >= 11 is 0. The molecule has 0 saturated heterocycles. The highest BCUT2D eigenvalue weighted by molar-refractivity contribution is 6.00. The summed E-state index contributed by atoms with van der Waals surface area (Å²) in [6.07, 6.45) is 0. The highest BCUT2D eigenvalue weighted by atomic mass is 16.2. The fraction of sp³-hybridized carbons (Fsp3) is 0.417. The van der Waals surface area contributed by atoms with E-state index in [4.69, 9.17) is 5.73 Å². The van der Waals surface area contributed by atoms with Gasteiger partial charge in [-0.05, 0) is 32.4 Å². The average Bonchev–Trinajstić information content (AvgIpc) is 2.19. The lowest BCUT2D eigenvalue weighted by Crippen LogP contribution is -2.31. The van der Waals surface area contributed by atoms with Gasteiger partial charge in [0.2, 0.25) is 0 Å². The van der Waals surface area contributed by atoms with Gasteiger partial charge in [0.25, 0.3) is 5.91 Å². The zero-order chi connectivity index (χ0) is 11.4. The van der Waals surface area contributed by atoms with E-state index in [1.54, 1.807) is 11.0 Å². The Balaban J connectivity index is 3.10. The van der Waals surface area contributed by atoms with Crippen molar-refractivity contribution in [2.24, 2.45) is 0 Å². The van der Waals surface area contributed by atoms with Crippen molar-refractivity contribution in [3.63, 3.8) is 0 Å². The van der Waals surface area contributed by atoms with Gasteiger partial charge in [-0.2, -0.15) is 0 Å². The number of carbonyl (C=O) groups excluding carboxylic acids is 1. The first-order chi connectivity index (χ1) is 7.11. The predicted octanol–water partition coefficient (Wildman–Crippen LogP) is 2.06. The maximum absolute atomic E-state index is 12.1. The monoisotopic (exact) mass is 206 g/mol. The third-order valence-electron chi connectivity index (χ3n) is 2.57. The molecular weight excluding hydrogens is 188 g/mol. The Kier molecular flexibility index (Phi) is 3.72. The molecule has 0 atom stereocenters. The average molecular weight is 206 g/mol. The van der Waals surface area contributed by atoms with Gasteiger partial charge >= 0.3 is 0 Å². The third-order valence-corrected chi connectivity index (χ3v) is 2.57. The second-order valence-electron chi connectivity index (χ2n) is 3.52. The van der Waals surface area contributed by atoms with E-state index in [1.165, 1.54) is 0 Å². The first-order valence-corrected chi connectivity index (χ1v) is 5.26. The zero-order valence-corrected chi connectivity index (χ0v) is 9.58. The molecule has 0 aliphatic carbocycles. The van der Waals surface area contributed by atoms with Gasteiger partial charge in [0, 0.05) is 18.8 Å². The van der Waals surface area contributed by atoms with E-state index in [0.29, 0.717) is 24.3 Å². The SMILES string of the molecule is CCN(CC)C(=O)c1c(C)cccc1N. The van der Waals surface area contributed by atoms with Crippen LogP contribution in [-0.4, -0.2) is 23.9 Å². The molecule has 2 N–H and O–H groups in total. The van der Waals surface area contributed by atoms with E-state index in [1.807, 2.05) is 32.9 Å². The van der Waals surface area contributed by atoms with Crippen molar-refractivity contribution in [2.45, 2.75) is 20.8 Å². The van der Waals surface area contributed by atoms with E-state index in [0.717, 1.165) is 5.56 Å². The largest absolute Gasteiger partial charge is 0.398 e. The highest BCUT2D eigenvalue weighted by Gasteiger charge is 2.16. The number of hydrogen-bond acceptors (Lipinski definition) is 2. The lowest BCUT2D eigenvalue weighted by Gasteiger charge is -2.20. The molecule has 1 aromatic rings. The van der Waals surface area contributed by atoms with Gasteiger partial charge < -0.3 is 10.6 Å². The first-order valence-electron chi connectivity index (χ1n) is 5.26. The van der Waals surface area contributed by atoms with E-state index in [-0.39, 0.29) is 5.91 Å². The lowest BCUT2D eigenvalue weighted by molar-refractivity contribution is 0.0773. The summed E-state index contributed by atoms with van der Waals surface area (Å²) in [6, 6.07) is 5.54. The number of anilines is 1. The highest BCUT2D eigenvalue weighted by Crippen LogP contribution is 2.18. The summed E-state index contributed by atoms with van der Waals surface area (Å²) in [5, 5.41) is 0. The number of carbonyl (C=O) groups is 1. The first kappa shape index (κ1) is 11.6. The van der Waals surface area contributed by atoms with Gasteiger partial charge in [0.15, 0.2) is 0 Å². The Bertz CT molecular complexity index is 336. The molecule has 0 fully saturated rings. The van der Waals surface area contributed by atoms with Crippen LogP contribution in [0, 0.1) is 6.92 Å². The molecule has 3 nitrogen and oxygen atoms in total. The molecule has 82 valence electrons. The number of nitrogens with two attached hydrogens (primary N) is 1. The Morgan fingerprint density at radius 2 is 1.93 bits per heavy atom. The molecule has 1 aromatic carbocycles. The molecule has 0 aliphatic rings. The molecular formula is C12H18N2O. The summed E-state index contributed by atoms with van der Waals surface area (Å²) in [5.74, 6) is 0.0237. The Hall–Kier alpha value is -1.51. The number of rotatable bonds is 3. The van der Waals surface area contributed by atoms with Crippen molar-refractivity contribution in [1.29, 1.82) is 0 Å². The molecule has 0 spiro atoms. The van der Waals surface area contributed by atoms with Gasteiger partial charge in [-0.1, -0.05) is 12.1 Å². The molecule has 0 unspecified atom stereocenters. The minimum atomic E-state index is 0.0237. The molecule has 0 saturated carbocycles. The van der Waals surface area contributed by atoms with Crippen LogP contribution in [0.4, 0.5) is 5.69 Å². The molecule has 0 aliphatic heterocycles. The van der Waals surface area contributed by atoms with Crippen molar-refractivity contribution in [2.75, 3.05) is 18.8 Å². The van der Waals surface area contributed by atoms with Crippen molar-refractivity contribution in [3.8, 4) is 0 Å². The summed E-state index contributed by atoms with van der Waals surface area (Å²) in [6.45, 7) is 7.27. The van der Waals surface area contributed by atoms with Crippen LogP contribution in [0.5, 0.6) is 0 Å². The van der Waals surface area contributed by atoms with Crippen LogP contribution in [-0.2, 0) is 0 Å². The number of aryl methyl sites for hydroxylation is 1. The number of benzene rings is 1. The smallest absolute Gasteiger partial charge is 0.256 e. The van der Waals surface area contributed by atoms with Crippen molar-refractivity contribution >= 4 is 11.6 Å². The van der Waals surface area contributed by atoms with Crippen LogP contribution in [0.3, 0.4) is 0 Å². The zero-order valence-electron chi connectivity index (χ0n) is 9.58. The Morgan fingerprint density at radius 1 is 1.33 bits per heavy atom. The topological polar surface area (TPSA) is 46.3 Å². The minimum absolute atomic E-state index is 0.0237. The molecule has 3 heteroatoms. The summed E-state index contributed by atoms with van der Waals surface area (Å²) in [4.78, 5) is 13.9. The van der Waals surface area contributed by atoms with E-state index >= 15 is 0 Å². The maximum Gasteiger partial charge on any atom is 0.256 e. The molecule has 0 radical (unpaired) electrons. The Morgan fingerprint density at radius 3 is 2.40 bits per heavy atom. The standard InChI is InChI=1S/C12H18N2O/c1-4-14(5-2)12(15)11-9(3)7-6-8-10(11)13/h6-8H,4-5,13H2,1-3H3. The van der Waals surface area contributed by atoms with Crippen molar-refractivity contribution in [1.82, 2.24) is 4.90 Å². The van der Waals surface area contributed by atoms with Crippen molar-refractivity contribution in [3.05, 3.63) is 29.3 Å². The van der Waals surface area contributed by atoms with Crippen LogP contribution in [0.2, 0.25) is 0 Å². The van der Waals surface area contributed by atoms with Gasteiger partial charge in [-0.3, -0.25) is 4.79 Å². The molecule has 0 aromatic heterocycles. The summed E-state index contributed by atoms with van der Waals surface area (Å²) in [7, 11) is 0. The van der Waals surface area contributed by atoms with Crippen LogP contribution < -0.4 is 5.73 Å². The second-order valence-corrected chi connectivity index (χ2v) is 3.52. The quantitative estimate of drug-likeness (QED) is 0.769. The van der Waals surface area contributed by atoms with Crippen LogP contribution in [0.15, 0.2) is 18.2 Å². The minimum Gasteiger partial charge on any atom is -0.398 e. The van der Waals surface area contributed by atoms with Crippen molar-refractivity contribution < 1.29 is 4.79 Å². The third kappa shape index (κ3) is 2.29. The predicted molar refractivity (Wildman–Crippen MR) is 62.8 cm³/mol. The fourth-order valence-electron chi connectivity index (χ4n) is 1.65. The molecule has 0 bridgehead atoms. The van der Waals surface area contributed by atoms with Gasteiger partial charge in [0.1, 0.15) is 0 Å². The van der Waals surface area contributed by atoms with Gasteiger partial charge in [-0.25, -0.2) is 0 Å². The lowest BCUT2D eigenvalue weighted by atomic mass is 10.1. The molecule has 1 rings (SSSR count). The van der Waals surface area contributed by atoms with Gasteiger partial charge in [0.05, 0.1) is 5.56 Å². The second kappa shape index (κ2) is 4.82. The number of nitrogen functional groups attached to an aromatic ring is 1. The summed E-state index contributed by atoms with van der Waals surface area (Å²) < 4.78 is 0. The maximum atomic E-state index is 12.1. The fourth-order valence-corrected chi connectivity index (χ4v) is 1.65. The van der Waals surface area contributed by atoms with E-state index < -0.39 is 0 Å². The number of nitrogens with zero attached hydrogens (tertiary/aromatic N) is 1. The number of amides is 1. The molecule has 15 heavy (non-hydrogen) atoms. The normalized spacial score (nSPS) is 10.1. The van der Waals surface area contributed by atoms with E-state index in [9.17, 15) is 4.79 Å². The van der Waals surface area contributed by atoms with Gasteiger partial charge in [-0.15, -0.1) is 0 Å². The number of hydrogen-bond donors (Lipinski definition) is 1. The molecule has 1 amide bonds. The van der Waals surface area contributed by atoms with Crippen LogP contribution >= 0.6 is 0 Å².